The zero-order valence-corrected chi connectivity index (χ0v) is 32.2. The first kappa shape index (κ1) is 41.6. The topological polar surface area (TPSA) is 245 Å². The molecule has 312 valence electrons. The van der Waals surface area contributed by atoms with Crippen LogP contribution in [0.15, 0.2) is 22.8 Å². The summed E-state index contributed by atoms with van der Waals surface area (Å²) in [6.45, 7) is 7.30. The first-order chi connectivity index (χ1) is 26.0. The quantitative estimate of drug-likeness (QED) is 0.109. The summed E-state index contributed by atoms with van der Waals surface area (Å²) in [5.74, 6) is 0.996. The van der Waals surface area contributed by atoms with E-state index in [1.807, 2.05) is 6.92 Å². The fourth-order valence-electron chi connectivity index (χ4n) is 12.0. The molecule has 0 spiro atoms. The lowest BCUT2D eigenvalue weighted by Gasteiger charge is -2.60. The molecule has 0 aromatic heterocycles. The molecule has 0 amide bonds. The maximum absolute atomic E-state index is 13.4. The Labute approximate surface area is 321 Å². The average Bonchev–Trinajstić information content (AvgIpc) is 3.51. The molecule has 7 rings (SSSR count). The summed E-state index contributed by atoms with van der Waals surface area (Å²) in [5.41, 5.74) is 1.85. The lowest BCUT2D eigenvalue weighted by Crippen LogP contribution is -2.60. The number of carbonyl (C=O) groups excluding carboxylic acids is 1. The van der Waals surface area contributed by atoms with Crippen molar-refractivity contribution < 1.29 is 74.4 Å². The fourth-order valence-corrected chi connectivity index (χ4v) is 12.0. The monoisotopic (exact) mass is 782 g/mol. The SMILES string of the molecule is CC1=C(COC2O[C@H](CO)[C@@H](O)[C@H](O)[C@H]2O)C(=O)OC([C@@H](C)C2CCC3C4CC=C5C[C@@H](OC6O[C@H](CO)[C@@H](O)[C@H](O)[C@H]6O)C[C@H](O)[C@]5(C)C4CC[C@@]32C)C1. The van der Waals surface area contributed by atoms with Crippen LogP contribution in [-0.2, 0) is 28.5 Å². The Morgan fingerprint density at radius 2 is 1.47 bits per heavy atom. The third kappa shape index (κ3) is 7.06. The van der Waals surface area contributed by atoms with Gasteiger partial charge in [-0.15, -0.1) is 0 Å². The molecular formula is C40H62O15. The van der Waals surface area contributed by atoms with Gasteiger partial charge < -0.3 is 69.6 Å². The second kappa shape index (κ2) is 15.9. The van der Waals surface area contributed by atoms with E-state index in [2.05, 4.69) is 26.8 Å². The molecule has 4 aliphatic carbocycles. The molecule has 3 saturated carbocycles. The molecule has 0 bridgehead atoms. The molecular weight excluding hydrogens is 720 g/mol. The van der Waals surface area contributed by atoms with Crippen molar-refractivity contribution in [1.82, 2.24) is 0 Å². The largest absolute Gasteiger partial charge is 0.458 e. The normalized spacial score (nSPS) is 50.7. The highest BCUT2D eigenvalue weighted by Gasteiger charge is 2.62. The Morgan fingerprint density at radius 3 is 2.11 bits per heavy atom. The summed E-state index contributed by atoms with van der Waals surface area (Å²) in [7, 11) is 0. The predicted octanol–water partition coefficient (Wildman–Crippen LogP) is -0.194. The van der Waals surface area contributed by atoms with E-state index in [0.717, 1.165) is 43.3 Å². The Morgan fingerprint density at radius 1 is 0.836 bits per heavy atom. The summed E-state index contributed by atoms with van der Waals surface area (Å²) in [4.78, 5) is 13.4. The van der Waals surface area contributed by atoms with Crippen LogP contribution in [0.3, 0.4) is 0 Å². The van der Waals surface area contributed by atoms with Gasteiger partial charge in [-0.2, -0.15) is 0 Å². The molecule has 5 fully saturated rings. The number of allylic oxidation sites excluding steroid dienone is 1. The van der Waals surface area contributed by atoms with E-state index in [9.17, 15) is 50.8 Å². The summed E-state index contributed by atoms with van der Waals surface area (Å²) in [6, 6.07) is 0. The number of rotatable bonds is 9. The minimum Gasteiger partial charge on any atom is -0.458 e. The van der Waals surface area contributed by atoms with Crippen molar-refractivity contribution in [3.63, 3.8) is 0 Å². The number of esters is 1. The van der Waals surface area contributed by atoms with Crippen molar-refractivity contribution in [2.24, 2.45) is 40.4 Å². The van der Waals surface area contributed by atoms with Gasteiger partial charge in [-0.3, -0.25) is 0 Å². The molecule has 0 aromatic rings. The Bertz CT molecular complexity index is 1470. The predicted molar refractivity (Wildman–Crippen MR) is 191 cm³/mol. The molecule has 3 aliphatic heterocycles. The van der Waals surface area contributed by atoms with Crippen LogP contribution in [0.25, 0.3) is 0 Å². The Kier molecular flexibility index (Phi) is 12.0. The van der Waals surface area contributed by atoms with Gasteiger partial charge in [0.25, 0.3) is 0 Å². The maximum Gasteiger partial charge on any atom is 0.336 e. The summed E-state index contributed by atoms with van der Waals surface area (Å²) in [5, 5.41) is 92.5. The summed E-state index contributed by atoms with van der Waals surface area (Å²) in [6.07, 6.45) is -6.87. The van der Waals surface area contributed by atoms with Gasteiger partial charge >= 0.3 is 5.97 Å². The lowest BCUT2D eigenvalue weighted by molar-refractivity contribution is -0.315. The summed E-state index contributed by atoms with van der Waals surface area (Å²) < 4.78 is 29.0. The Balaban J connectivity index is 0.993. The second-order valence-electron chi connectivity index (χ2n) is 18.0. The van der Waals surface area contributed by atoms with Gasteiger partial charge in [-0.25, -0.2) is 4.79 Å². The highest BCUT2D eigenvalue weighted by molar-refractivity contribution is 5.90. The number of carbonyl (C=O) groups is 1. The Hall–Kier alpha value is -1.57. The van der Waals surface area contributed by atoms with Gasteiger partial charge in [-0.1, -0.05) is 38.0 Å². The van der Waals surface area contributed by atoms with E-state index in [4.69, 9.17) is 23.7 Å². The van der Waals surface area contributed by atoms with Crippen LogP contribution in [0, 0.1) is 40.4 Å². The van der Waals surface area contributed by atoms with E-state index in [1.54, 1.807) is 0 Å². The van der Waals surface area contributed by atoms with E-state index in [1.165, 1.54) is 0 Å². The zero-order chi connectivity index (χ0) is 39.7. The van der Waals surface area contributed by atoms with Crippen LogP contribution in [-0.4, -0.2) is 151 Å². The number of ether oxygens (including phenoxy) is 5. The van der Waals surface area contributed by atoms with Crippen molar-refractivity contribution >= 4 is 5.97 Å². The van der Waals surface area contributed by atoms with E-state index in [0.29, 0.717) is 42.6 Å². The van der Waals surface area contributed by atoms with Crippen LogP contribution in [0.5, 0.6) is 0 Å². The number of aliphatic hydroxyl groups is 9. The van der Waals surface area contributed by atoms with Gasteiger partial charge in [0.05, 0.1) is 37.6 Å². The minimum absolute atomic E-state index is 0.0210. The standard InChI is InChI=1S/C40H62O15/c1-17-11-26(53-36(50)22(17)16-51-37-34(48)32(46)30(44)27(14-41)54-37)18(2)23-7-8-24-21-6-5-19-12-20(52-38-35(49)33(47)31(45)28(15-42)55-38)13-29(43)40(19,4)25(21)9-10-39(23,24)3/h5,18,20-21,23-35,37-38,41-49H,6-16H2,1-4H3/t18-,20+,21?,23?,24?,25?,26?,27+,28+,29-,30+,31+,32-,33-,34+,35+,37?,38?,39+,40-/m0/s1. The number of hydrogen-bond acceptors (Lipinski definition) is 15. The van der Waals surface area contributed by atoms with Crippen LogP contribution in [0.4, 0.5) is 0 Å². The van der Waals surface area contributed by atoms with Crippen LogP contribution in [0.2, 0.25) is 0 Å². The highest BCUT2D eigenvalue weighted by atomic mass is 16.7. The van der Waals surface area contributed by atoms with Crippen LogP contribution in [0.1, 0.15) is 79.1 Å². The molecule has 20 atom stereocenters. The molecule has 7 aliphatic rings. The third-order valence-corrected chi connectivity index (χ3v) is 15.4. The van der Waals surface area contributed by atoms with Crippen LogP contribution < -0.4 is 0 Å². The van der Waals surface area contributed by atoms with Crippen molar-refractivity contribution in [3.05, 3.63) is 22.8 Å². The van der Waals surface area contributed by atoms with Crippen molar-refractivity contribution in [1.29, 1.82) is 0 Å². The van der Waals surface area contributed by atoms with Crippen molar-refractivity contribution in [3.8, 4) is 0 Å². The molecule has 15 nitrogen and oxygen atoms in total. The van der Waals surface area contributed by atoms with Crippen molar-refractivity contribution in [2.75, 3.05) is 19.8 Å². The van der Waals surface area contributed by atoms with E-state index >= 15 is 0 Å². The number of cyclic esters (lactones) is 1. The minimum atomic E-state index is -1.58. The molecule has 0 radical (unpaired) electrons. The van der Waals surface area contributed by atoms with Gasteiger partial charge in [-0.05, 0) is 80.5 Å². The lowest BCUT2D eigenvalue weighted by atomic mass is 9.46. The third-order valence-electron chi connectivity index (χ3n) is 15.4. The molecule has 15 heteroatoms. The first-order valence-electron chi connectivity index (χ1n) is 20.2. The smallest absolute Gasteiger partial charge is 0.336 e. The van der Waals surface area contributed by atoms with Crippen LogP contribution >= 0.6 is 0 Å². The molecule has 55 heavy (non-hydrogen) atoms. The number of aliphatic hydroxyl groups excluding tert-OH is 9. The maximum atomic E-state index is 13.4. The first-order valence-corrected chi connectivity index (χ1v) is 20.2. The molecule has 7 unspecified atom stereocenters. The second-order valence-corrected chi connectivity index (χ2v) is 18.0. The summed E-state index contributed by atoms with van der Waals surface area (Å²) >= 11 is 0. The van der Waals surface area contributed by atoms with Gasteiger partial charge in [0.15, 0.2) is 12.6 Å². The molecule has 0 aromatic carbocycles. The number of fused-ring (bicyclic) bond motifs is 5. The molecule has 3 heterocycles. The molecule has 9 N–H and O–H groups in total. The average molecular weight is 783 g/mol. The number of hydrogen-bond donors (Lipinski definition) is 9. The van der Waals surface area contributed by atoms with E-state index < -0.39 is 98.2 Å². The fraction of sp³-hybridized carbons (Fsp3) is 0.875. The van der Waals surface area contributed by atoms with Gasteiger partial charge in [0.2, 0.25) is 0 Å². The van der Waals surface area contributed by atoms with Crippen molar-refractivity contribution in [2.45, 2.75) is 159 Å². The van der Waals surface area contributed by atoms with Gasteiger partial charge in [0.1, 0.15) is 54.9 Å². The van der Waals surface area contributed by atoms with E-state index in [-0.39, 0.29) is 30.0 Å². The van der Waals surface area contributed by atoms with Gasteiger partial charge in [0, 0.05) is 18.3 Å². The highest BCUT2D eigenvalue weighted by Crippen LogP contribution is 2.67. The zero-order valence-electron chi connectivity index (χ0n) is 32.2. The molecule has 2 saturated heterocycles.